The van der Waals surface area contributed by atoms with Crippen LogP contribution in [0.15, 0.2) is 53.4 Å². The molecule has 1 aliphatic heterocycles. The highest BCUT2D eigenvalue weighted by molar-refractivity contribution is 7.89. The molecule has 156 valence electrons. The molecule has 0 unspecified atom stereocenters. The first-order chi connectivity index (χ1) is 13.9. The van der Waals surface area contributed by atoms with E-state index in [1.807, 2.05) is 26.0 Å². The van der Waals surface area contributed by atoms with Gasteiger partial charge in [0.25, 0.3) is 0 Å². The minimum atomic E-state index is -3.57. The fourth-order valence-electron chi connectivity index (χ4n) is 3.62. The Kier molecular flexibility index (Phi) is 6.92. The number of carbonyl (C=O) groups is 1. The number of ether oxygens (including phenoxy) is 1. The quantitative estimate of drug-likeness (QED) is 0.704. The average molecular weight is 417 g/mol. The van der Waals surface area contributed by atoms with Gasteiger partial charge in [-0.2, -0.15) is 4.31 Å². The van der Waals surface area contributed by atoms with Gasteiger partial charge in [0.2, 0.25) is 15.9 Å². The van der Waals surface area contributed by atoms with Crippen molar-refractivity contribution in [3.8, 4) is 5.75 Å². The number of benzene rings is 2. The molecule has 1 N–H and O–H groups in total. The van der Waals surface area contributed by atoms with Crippen LogP contribution in [0.2, 0.25) is 0 Å². The molecule has 6 nitrogen and oxygen atoms in total. The van der Waals surface area contributed by atoms with E-state index in [1.165, 1.54) is 4.31 Å². The second-order valence-electron chi connectivity index (χ2n) is 7.48. The Hall–Kier alpha value is -2.38. The van der Waals surface area contributed by atoms with E-state index in [2.05, 4.69) is 11.4 Å². The van der Waals surface area contributed by atoms with Crippen LogP contribution in [0.4, 0.5) is 0 Å². The molecule has 0 aromatic heterocycles. The van der Waals surface area contributed by atoms with Gasteiger partial charge in [-0.1, -0.05) is 24.3 Å². The molecule has 0 spiro atoms. The molecule has 2 aromatic rings. The Morgan fingerprint density at radius 1 is 1.14 bits per heavy atom. The minimum Gasteiger partial charge on any atom is -0.492 e. The highest BCUT2D eigenvalue weighted by Crippen LogP contribution is 2.23. The van der Waals surface area contributed by atoms with Crippen LogP contribution >= 0.6 is 0 Å². The SMILES string of the molecule is Cc1cc(C)cc(OCCNC(=O)[C@H]2CCCN(S(=O)(=O)c3ccccc3)C2)c1. The van der Waals surface area contributed by atoms with E-state index in [0.717, 1.165) is 16.9 Å². The smallest absolute Gasteiger partial charge is 0.243 e. The Labute approximate surface area is 172 Å². The van der Waals surface area contributed by atoms with Crippen LogP contribution in [0.25, 0.3) is 0 Å². The van der Waals surface area contributed by atoms with E-state index in [1.54, 1.807) is 30.3 Å². The van der Waals surface area contributed by atoms with Gasteiger partial charge in [0.15, 0.2) is 0 Å². The van der Waals surface area contributed by atoms with Crippen LogP contribution in [0, 0.1) is 19.8 Å². The zero-order chi connectivity index (χ0) is 20.9. The Morgan fingerprint density at radius 2 is 1.83 bits per heavy atom. The summed E-state index contributed by atoms with van der Waals surface area (Å²) in [5, 5.41) is 2.88. The summed E-state index contributed by atoms with van der Waals surface area (Å²) in [6, 6.07) is 14.4. The summed E-state index contributed by atoms with van der Waals surface area (Å²) in [6.45, 7) is 5.43. The zero-order valence-electron chi connectivity index (χ0n) is 16.9. The molecule has 1 amide bonds. The number of hydrogen-bond acceptors (Lipinski definition) is 4. The topological polar surface area (TPSA) is 75.7 Å². The third kappa shape index (κ3) is 5.58. The summed E-state index contributed by atoms with van der Waals surface area (Å²) < 4.78 is 32.7. The van der Waals surface area contributed by atoms with E-state index in [9.17, 15) is 13.2 Å². The van der Waals surface area contributed by atoms with Gasteiger partial charge >= 0.3 is 0 Å². The maximum Gasteiger partial charge on any atom is 0.243 e. The third-order valence-corrected chi connectivity index (χ3v) is 6.88. The Bertz CT molecular complexity index is 924. The van der Waals surface area contributed by atoms with Crippen molar-refractivity contribution in [1.82, 2.24) is 9.62 Å². The fourth-order valence-corrected chi connectivity index (χ4v) is 5.16. The number of piperidine rings is 1. The van der Waals surface area contributed by atoms with Crippen molar-refractivity contribution in [2.24, 2.45) is 5.92 Å². The van der Waals surface area contributed by atoms with Gasteiger partial charge < -0.3 is 10.1 Å². The van der Waals surface area contributed by atoms with Gasteiger partial charge in [-0.25, -0.2) is 8.42 Å². The Morgan fingerprint density at radius 3 is 2.52 bits per heavy atom. The zero-order valence-corrected chi connectivity index (χ0v) is 17.7. The van der Waals surface area contributed by atoms with E-state index in [-0.39, 0.29) is 23.3 Å². The molecule has 1 atom stereocenters. The number of amides is 1. The van der Waals surface area contributed by atoms with Crippen molar-refractivity contribution in [1.29, 1.82) is 0 Å². The van der Waals surface area contributed by atoms with Gasteiger partial charge in [0.1, 0.15) is 12.4 Å². The molecule has 7 heteroatoms. The van der Waals surface area contributed by atoms with E-state index in [4.69, 9.17) is 4.74 Å². The van der Waals surface area contributed by atoms with E-state index < -0.39 is 10.0 Å². The number of nitrogens with one attached hydrogen (secondary N) is 1. The van der Waals surface area contributed by atoms with Crippen molar-refractivity contribution in [2.45, 2.75) is 31.6 Å². The van der Waals surface area contributed by atoms with Crippen LogP contribution in [0.3, 0.4) is 0 Å². The molecule has 0 aliphatic carbocycles. The van der Waals surface area contributed by atoms with Crippen LogP contribution in [0.1, 0.15) is 24.0 Å². The lowest BCUT2D eigenvalue weighted by molar-refractivity contribution is -0.126. The normalized spacial score (nSPS) is 17.7. The molecule has 1 aliphatic rings. The molecular formula is C22H28N2O4S. The maximum absolute atomic E-state index is 12.8. The van der Waals surface area contributed by atoms with Crippen molar-refractivity contribution in [3.63, 3.8) is 0 Å². The van der Waals surface area contributed by atoms with Crippen LogP contribution in [-0.2, 0) is 14.8 Å². The number of aryl methyl sites for hydroxylation is 2. The lowest BCUT2D eigenvalue weighted by Gasteiger charge is -2.31. The first-order valence-corrected chi connectivity index (χ1v) is 11.3. The molecule has 3 rings (SSSR count). The molecule has 0 radical (unpaired) electrons. The molecule has 29 heavy (non-hydrogen) atoms. The van der Waals surface area contributed by atoms with E-state index >= 15 is 0 Å². The minimum absolute atomic E-state index is 0.123. The third-order valence-electron chi connectivity index (χ3n) is 5.00. The number of hydrogen-bond donors (Lipinski definition) is 1. The van der Waals surface area contributed by atoms with Gasteiger partial charge in [-0.15, -0.1) is 0 Å². The molecule has 0 bridgehead atoms. The average Bonchev–Trinajstić information content (AvgIpc) is 2.71. The van der Waals surface area contributed by atoms with Crippen molar-refractivity contribution in [3.05, 3.63) is 59.7 Å². The summed E-state index contributed by atoms with van der Waals surface area (Å²) in [7, 11) is -3.57. The van der Waals surface area contributed by atoms with Gasteiger partial charge in [0, 0.05) is 13.1 Å². The molecule has 1 saturated heterocycles. The molecular weight excluding hydrogens is 388 g/mol. The van der Waals surface area contributed by atoms with Crippen LogP contribution < -0.4 is 10.1 Å². The van der Waals surface area contributed by atoms with E-state index in [0.29, 0.717) is 32.5 Å². The summed E-state index contributed by atoms with van der Waals surface area (Å²) in [4.78, 5) is 12.8. The largest absolute Gasteiger partial charge is 0.492 e. The summed E-state index contributed by atoms with van der Waals surface area (Å²) >= 11 is 0. The maximum atomic E-state index is 12.8. The molecule has 0 saturated carbocycles. The first-order valence-electron chi connectivity index (χ1n) is 9.90. The summed E-state index contributed by atoms with van der Waals surface area (Å²) in [6.07, 6.45) is 1.35. The first kappa shape index (κ1) is 21.3. The number of nitrogens with zero attached hydrogens (tertiary/aromatic N) is 1. The monoisotopic (exact) mass is 416 g/mol. The highest BCUT2D eigenvalue weighted by Gasteiger charge is 2.33. The fraction of sp³-hybridized carbons (Fsp3) is 0.409. The van der Waals surface area contributed by atoms with Gasteiger partial charge in [-0.3, -0.25) is 4.79 Å². The second kappa shape index (κ2) is 9.41. The van der Waals surface area contributed by atoms with Gasteiger partial charge in [-0.05, 0) is 62.1 Å². The van der Waals surface area contributed by atoms with Gasteiger partial charge in [0.05, 0.1) is 17.4 Å². The second-order valence-corrected chi connectivity index (χ2v) is 9.42. The predicted molar refractivity (Wildman–Crippen MR) is 112 cm³/mol. The molecule has 1 fully saturated rings. The number of carbonyl (C=O) groups excluding carboxylic acids is 1. The summed E-state index contributed by atoms with van der Waals surface area (Å²) in [5.41, 5.74) is 2.26. The molecule has 2 aromatic carbocycles. The number of sulfonamides is 1. The Balaban J connectivity index is 1.51. The van der Waals surface area contributed by atoms with Crippen molar-refractivity contribution in [2.75, 3.05) is 26.2 Å². The standard InChI is InChI=1S/C22H28N2O4S/c1-17-13-18(2)15-20(14-17)28-12-10-23-22(25)19-7-6-11-24(16-19)29(26,27)21-8-4-3-5-9-21/h3-5,8-9,13-15,19H,6-7,10-12,16H2,1-2H3,(H,23,25)/t19-/m0/s1. The highest BCUT2D eigenvalue weighted by atomic mass is 32.2. The molecule has 1 heterocycles. The number of rotatable bonds is 7. The van der Waals surface area contributed by atoms with Crippen molar-refractivity contribution >= 4 is 15.9 Å². The van der Waals surface area contributed by atoms with Crippen LogP contribution in [-0.4, -0.2) is 44.9 Å². The lowest BCUT2D eigenvalue weighted by Crippen LogP contribution is -2.45. The van der Waals surface area contributed by atoms with Crippen LogP contribution in [0.5, 0.6) is 5.75 Å². The lowest BCUT2D eigenvalue weighted by atomic mass is 9.99. The predicted octanol–water partition coefficient (Wildman–Crippen LogP) is 2.90. The summed E-state index contributed by atoms with van der Waals surface area (Å²) in [5.74, 6) is 0.319. The van der Waals surface area contributed by atoms with Crippen molar-refractivity contribution < 1.29 is 17.9 Å².